The van der Waals surface area contributed by atoms with Crippen molar-refractivity contribution in [2.45, 2.75) is 64.7 Å². The van der Waals surface area contributed by atoms with Crippen molar-refractivity contribution in [3.05, 3.63) is 185 Å². The molecule has 40 heteroatoms. The number of nitrogens with one attached hydrogen (secondary N) is 1. The van der Waals surface area contributed by atoms with Crippen LogP contribution in [0.3, 0.4) is 0 Å². The fourth-order valence-electron chi connectivity index (χ4n) is 15.2. The van der Waals surface area contributed by atoms with Gasteiger partial charge in [0.05, 0.1) is 150 Å². The molecule has 16 rings (SSSR count). The van der Waals surface area contributed by atoms with Gasteiger partial charge >= 0.3 is 0 Å². The molecule has 124 heavy (non-hydrogen) atoms. The fourth-order valence-corrected chi connectivity index (χ4v) is 16.2. The maximum atomic E-state index is 13.3. The standard InChI is InChI=1S/C22H27ClN6O3.C21H25ClN6O3.C21H19ClN6O3.C20H22ClN5O4/c1-28-6-4-13(5-7-28)8-14-11-29(12-15-9-16(31-2)17(32-3)10-25-15)21-18(19(14)30)20(23)26-22(24)27-21;1-30-15-8-14(25-9-16(15)31-2)11-28-10-13(7-12-3-5-24-6-4-12)18(29)17-19(22)26-21(23)27-20(17)28;1-30-15-8-14(25-9-16(15)31-2)11-28-10-12(7-13-5-3-4-6-24-13)18(29)17-19(22)26-21(23)27-20(17)28;1-28-14-7-12(23-8-15(14)29-2)9-26-10-13(11-3-5-30-6-4-11)17(27)16-18(21)24-20(22)25-19(16)26/h8-10,13H,4-7,11-12H2,1-3H3,(H2,24,26,27);7-9,12,24H,3-6,10-11H2,1-2H3,(H2,23,26,27);3-9H,10-11H2,1-2H3,(H2,23,26,27);7-8H,3-6,9-10H2,1-2H3,(H2,22,24,25)/b14-8+;13-7+;12-7+;. The Morgan fingerprint density at radius 3 is 1.10 bits per heavy atom. The van der Waals surface area contributed by atoms with Crippen molar-refractivity contribution in [3.8, 4) is 46.0 Å². The number of ketones is 4. The Bertz CT molecular complexity index is 5620. The van der Waals surface area contributed by atoms with Crippen molar-refractivity contribution in [2.75, 3.05) is 172 Å². The highest BCUT2D eigenvalue weighted by Gasteiger charge is 2.39. The Morgan fingerprint density at radius 2 is 0.758 bits per heavy atom. The Hall–Kier alpha value is -12.5. The minimum Gasteiger partial charge on any atom is -0.493 e. The van der Waals surface area contributed by atoms with Crippen molar-refractivity contribution >= 4 is 123 Å². The van der Waals surface area contributed by atoms with Crippen LogP contribution in [0.15, 0.2) is 113 Å². The molecule has 9 N–H and O–H groups in total. The van der Waals surface area contributed by atoms with Crippen molar-refractivity contribution in [2.24, 2.45) is 11.8 Å². The molecule has 3 fully saturated rings. The monoisotopic (exact) mass is 1770 g/mol. The van der Waals surface area contributed by atoms with E-state index in [1.54, 1.807) is 118 Å². The zero-order chi connectivity index (χ0) is 88.0. The number of hydrogen-bond acceptors (Lipinski definition) is 36. The van der Waals surface area contributed by atoms with E-state index in [0.29, 0.717) is 187 Å². The number of fused-ring (bicyclic) bond motifs is 4. The van der Waals surface area contributed by atoms with Crippen LogP contribution in [0.2, 0.25) is 20.6 Å². The van der Waals surface area contributed by atoms with Crippen molar-refractivity contribution in [1.29, 1.82) is 0 Å². The minimum absolute atomic E-state index is 0.00407. The number of piperidine rings is 2. The first-order valence-corrected chi connectivity index (χ1v) is 40.9. The highest BCUT2D eigenvalue weighted by atomic mass is 35.5. The number of anilines is 8. The van der Waals surface area contributed by atoms with Crippen LogP contribution >= 0.6 is 46.4 Å². The van der Waals surface area contributed by atoms with Gasteiger partial charge in [-0.2, -0.15) is 19.9 Å². The molecule has 0 aliphatic carbocycles. The summed E-state index contributed by atoms with van der Waals surface area (Å²) in [5, 5.41) is 3.53. The summed E-state index contributed by atoms with van der Waals surface area (Å²) in [6.45, 7) is 8.01. The van der Waals surface area contributed by atoms with E-state index in [-0.39, 0.29) is 96.3 Å². The quantitative estimate of drug-likeness (QED) is 0.0371. The molecule has 0 amide bonds. The SMILES string of the molecule is COc1cnc(CN2C/C(=C\C3CCN(C)CC3)C(=O)c3c(Cl)nc(N)nc32)cc1OC.COc1cnc(CN2C/C(=C\C3CCNCC3)C(=O)c3c(Cl)nc(N)nc32)cc1OC.COc1cnc(CN2C/C(=C\c3ccccn3)C(=O)c3c(Cl)nc(N)nc32)cc1OC.COc1cnc(CN2CC(=C3CCOCC3)C(=O)c3c(Cl)nc(N)nc32)cc1OC. The number of carbonyl (C=O) groups excluding carboxylic acids is 4. The molecular formula is C84H93Cl4N23O13. The topological polar surface area (TPSA) is 451 Å². The van der Waals surface area contributed by atoms with E-state index < -0.39 is 0 Å². The molecular weight excluding hydrogens is 1680 g/mol. The zero-order valence-corrected chi connectivity index (χ0v) is 72.7. The molecule has 3 saturated heterocycles. The summed E-state index contributed by atoms with van der Waals surface area (Å²) in [5.41, 5.74) is 31.5. The van der Waals surface area contributed by atoms with Crippen LogP contribution < -0.4 is 85.7 Å². The Balaban J connectivity index is 0.000000142. The molecule has 9 aromatic heterocycles. The number of carbonyl (C=O) groups is 4. The summed E-state index contributed by atoms with van der Waals surface area (Å²) < 4.78 is 48.0. The minimum atomic E-state index is -0.262. The number of nitrogen functional groups attached to an aromatic ring is 4. The summed E-state index contributed by atoms with van der Waals surface area (Å²) in [6, 6.07) is 12.6. The lowest BCUT2D eigenvalue weighted by Crippen LogP contribution is -2.36. The van der Waals surface area contributed by atoms with Crippen LogP contribution in [0, 0.1) is 11.8 Å². The molecule has 0 unspecified atom stereocenters. The van der Waals surface area contributed by atoms with Gasteiger partial charge in [0.2, 0.25) is 23.8 Å². The van der Waals surface area contributed by atoms with Gasteiger partial charge in [-0.05, 0) is 102 Å². The summed E-state index contributed by atoms with van der Waals surface area (Å²) in [7, 11) is 14.6. The first-order valence-electron chi connectivity index (χ1n) is 39.4. The van der Waals surface area contributed by atoms with E-state index in [9.17, 15) is 19.2 Å². The van der Waals surface area contributed by atoms with Crippen molar-refractivity contribution in [3.63, 3.8) is 0 Å². The number of aromatic nitrogens is 13. The highest BCUT2D eigenvalue weighted by molar-refractivity contribution is 6.37. The number of rotatable bonds is 19. The number of nitrogens with zero attached hydrogens (tertiary/aromatic N) is 18. The molecule has 0 radical (unpaired) electrons. The number of nitrogens with two attached hydrogens (primary N) is 4. The van der Waals surface area contributed by atoms with Gasteiger partial charge in [0, 0.05) is 78.9 Å². The third-order valence-electron chi connectivity index (χ3n) is 21.4. The number of hydrogen-bond donors (Lipinski definition) is 5. The van der Waals surface area contributed by atoms with Gasteiger partial charge in [-0.3, -0.25) is 44.1 Å². The molecule has 16 heterocycles. The van der Waals surface area contributed by atoms with Gasteiger partial charge < -0.3 is 95.4 Å². The van der Waals surface area contributed by atoms with Gasteiger partial charge in [0.15, 0.2) is 69.1 Å². The molecule has 7 aliphatic heterocycles. The molecule has 650 valence electrons. The Labute approximate surface area is 734 Å². The van der Waals surface area contributed by atoms with Gasteiger partial charge in [0.25, 0.3) is 0 Å². The lowest BCUT2D eigenvalue weighted by molar-refractivity contribution is 0.100. The summed E-state index contributed by atoms with van der Waals surface area (Å²) >= 11 is 25.3. The summed E-state index contributed by atoms with van der Waals surface area (Å²) in [4.78, 5) is 118. The lowest BCUT2D eigenvalue weighted by atomic mass is 9.90. The fraction of sp³-hybridized carbons (Fsp3) is 0.369. The first kappa shape index (κ1) is 89.3. The van der Waals surface area contributed by atoms with E-state index in [2.05, 4.69) is 94.2 Å². The predicted octanol–water partition coefficient (Wildman–Crippen LogP) is 10.1. The van der Waals surface area contributed by atoms with Crippen LogP contribution in [0.25, 0.3) is 6.08 Å². The highest BCUT2D eigenvalue weighted by Crippen LogP contribution is 2.42. The van der Waals surface area contributed by atoms with Crippen molar-refractivity contribution in [1.82, 2.24) is 75.0 Å². The van der Waals surface area contributed by atoms with E-state index in [1.807, 2.05) is 37.8 Å². The molecule has 0 atom stereocenters. The summed E-state index contributed by atoms with van der Waals surface area (Å²) in [6.07, 6.45) is 19.4. The number of pyridine rings is 5. The van der Waals surface area contributed by atoms with Gasteiger partial charge in [-0.25, -0.2) is 19.9 Å². The lowest BCUT2D eigenvalue weighted by Gasteiger charge is -2.33. The number of likely N-dealkylation sites (tertiary alicyclic amines) is 1. The van der Waals surface area contributed by atoms with Crippen LogP contribution in [-0.2, 0) is 30.9 Å². The van der Waals surface area contributed by atoms with E-state index in [4.69, 9.17) is 112 Å². The van der Waals surface area contributed by atoms with Crippen LogP contribution in [-0.4, -0.2) is 222 Å². The molecule has 36 nitrogen and oxygen atoms in total. The second-order valence-electron chi connectivity index (χ2n) is 29.4. The average molecular weight is 1770 g/mol. The van der Waals surface area contributed by atoms with E-state index in [0.717, 1.165) is 74.5 Å². The summed E-state index contributed by atoms with van der Waals surface area (Å²) in [5.74, 6) is 6.06. The van der Waals surface area contributed by atoms with Crippen LogP contribution in [0.5, 0.6) is 46.0 Å². The maximum absolute atomic E-state index is 13.3. The van der Waals surface area contributed by atoms with Crippen LogP contribution in [0.4, 0.5) is 47.1 Å². The maximum Gasteiger partial charge on any atom is 0.223 e. The molecule has 0 bridgehead atoms. The molecule has 7 aliphatic rings. The number of Topliss-reactive ketones (excluding diaryl/α,β-unsaturated/α-hetero) is 4. The normalized spacial score (nSPS) is 17.0. The smallest absolute Gasteiger partial charge is 0.223 e. The second kappa shape index (κ2) is 40.7. The number of ether oxygens (including phenoxy) is 9. The Kier molecular flexibility index (Phi) is 29.3. The van der Waals surface area contributed by atoms with Gasteiger partial charge in [0.1, 0.15) is 66.1 Å². The van der Waals surface area contributed by atoms with Gasteiger partial charge in [-0.1, -0.05) is 70.2 Å². The van der Waals surface area contributed by atoms with E-state index in [1.165, 1.54) is 0 Å². The third-order valence-corrected chi connectivity index (χ3v) is 22.5. The van der Waals surface area contributed by atoms with Crippen molar-refractivity contribution < 1.29 is 61.8 Å². The Morgan fingerprint density at radius 1 is 0.427 bits per heavy atom. The first-order chi connectivity index (χ1) is 59.9. The number of methoxy groups -OCH3 is 8. The molecule has 0 saturated carbocycles. The predicted molar refractivity (Wildman–Crippen MR) is 468 cm³/mol. The molecule has 0 aromatic carbocycles. The number of halogens is 4. The van der Waals surface area contributed by atoms with Crippen LogP contribution in [0.1, 0.15) is 108 Å². The third kappa shape index (κ3) is 20.7. The largest absolute Gasteiger partial charge is 0.493 e. The molecule has 0 spiro atoms. The van der Waals surface area contributed by atoms with E-state index >= 15 is 0 Å². The average Bonchev–Trinajstić information content (AvgIpc) is 0.764. The number of allylic oxidation sites excluding steroid dienone is 2. The second-order valence-corrected chi connectivity index (χ2v) is 30.8. The molecule has 9 aromatic rings. The van der Waals surface area contributed by atoms with Gasteiger partial charge in [-0.15, -0.1) is 0 Å². The zero-order valence-electron chi connectivity index (χ0n) is 69.6.